The number of rotatable bonds is 6. The number of anilines is 1. The van der Waals surface area contributed by atoms with E-state index in [1.165, 1.54) is 27.2 Å². The van der Waals surface area contributed by atoms with Crippen molar-refractivity contribution < 1.29 is 23.9 Å². The highest BCUT2D eigenvalue weighted by Gasteiger charge is 2.40. The third kappa shape index (κ3) is 5.86. The number of phenolic OH excluding ortho intramolecular Hbond substituents is 1. The molecule has 0 radical (unpaired) electrons. The lowest BCUT2D eigenvalue weighted by Gasteiger charge is -2.37. The highest BCUT2D eigenvalue weighted by molar-refractivity contribution is 6.05. The van der Waals surface area contributed by atoms with Crippen molar-refractivity contribution >= 4 is 23.4 Å². The summed E-state index contributed by atoms with van der Waals surface area (Å²) in [7, 11) is 0. The first kappa shape index (κ1) is 31.3. The Morgan fingerprint density at radius 1 is 0.816 bits per heavy atom. The number of nitrogens with zero attached hydrogens (tertiary/aromatic N) is 3. The number of hydrogen-bond acceptors (Lipinski definition) is 6. The van der Waals surface area contributed by atoms with Gasteiger partial charge in [0, 0.05) is 67.4 Å². The lowest BCUT2D eigenvalue weighted by Crippen LogP contribution is -2.52. The highest BCUT2D eigenvalue weighted by atomic mass is 19.1. The normalized spacial score (nSPS) is 22.6. The molecule has 3 amide bonds. The molecule has 3 aliphatic heterocycles. The third-order valence-electron chi connectivity index (χ3n) is 10.9. The number of carbonyl (C=O) groups excluding carboxylic acids is 3. The van der Waals surface area contributed by atoms with Crippen LogP contribution in [0.25, 0.3) is 0 Å². The van der Waals surface area contributed by atoms with Crippen LogP contribution >= 0.6 is 0 Å². The van der Waals surface area contributed by atoms with Crippen LogP contribution in [0.3, 0.4) is 0 Å². The number of nitrogens with one attached hydrogen (secondary N) is 1. The molecule has 0 spiro atoms. The summed E-state index contributed by atoms with van der Waals surface area (Å²) in [5.74, 6) is -0.722. The minimum atomic E-state index is -0.763. The molecule has 0 bridgehead atoms. The number of amides is 3. The summed E-state index contributed by atoms with van der Waals surface area (Å²) in [6.07, 6.45) is 2.38. The molecule has 0 saturated carbocycles. The van der Waals surface area contributed by atoms with Crippen LogP contribution in [0.1, 0.15) is 74.8 Å². The molecule has 2 N–H and O–H groups in total. The lowest BCUT2D eigenvalue weighted by molar-refractivity contribution is -0.136. The minimum absolute atomic E-state index is 0.0326. The van der Waals surface area contributed by atoms with E-state index in [4.69, 9.17) is 0 Å². The molecular weight excluding hydrogens is 619 g/mol. The smallest absolute Gasteiger partial charge is 0.255 e. The fourth-order valence-electron chi connectivity index (χ4n) is 8.35. The predicted octanol–water partition coefficient (Wildman–Crippen LogP) is 5.48. The first-order chi connectivity index (χ1) is 23.8. The number of fused-ring (bicyclic) bond motifs is 2. The van der Waals surface area contributed by atoms with Crippen molar-refractivity contribution in [2.75, 3.05) is 31.1 Å². The van der Waals surface area contributed by atoms with Gasteiger partial charge in [0.05, 0.1) is 6.54 Å². The molecule has 1 aliphatic carbocycles. The van der Waals surface area contributed by atoms with Crippen molar-refractivity contribution in [1.82, 2.24) is 15.1 Å². The molecule has 4 aliphatic rings. The number of hydrogen-bond donors (Lipinski definition) is 2. The quantitative estimate of drug-likeness (QED) is 0.267. The van der Waals surface area contributed by atoms with Crippen molar-refractivity contribution in [3.63, 3.8) is 0 Å². The molecule has 2 saturated heterocycles. The van der Waals surface area contributed by atoms with Gasteiger partial charge in [0.1, 0.15) is 17.6 Å². The molecule has 2 fully saturated rings. The van der Waals surface area contributed by atoms with Gasteiger partial charge in [-0.1, -0.05) is 54.6 Å². The van der Waals surface area contributed by atoms with Gasteiger partial charge in [-0.2, -0.15) is 0 Å². The fourth-order valence-corrected chi connectivity index (χ4v) is 8.35. The number of imide groups is 1. The Morgan fingerprint density at radius 2 is 1.59 bits per heavy atom. The molecule has 49 heavy (non-hydrogen) atoms. The molecule has 0 aromatic heterocycles. The summed E-state index contributed by atoms with van der Waals surface area (Å²) in [5.41, 5.74) is 7.44. The van der Waals surface area contributed by atoms with Crippen LogP contribution in [0.2, 0.25) is 0 Å². The fraction of sp³-hybridized carbons (Fsp3) is 0.325. The number of phenols is 1. The summed E-state index contributed by atoms with van der Waals surface area (Å²) in [4.78, 5) is 43.1. The standard InChI is InChI=1S/C40H39FN4O4/c41-38-28(9-14-33-34(38)24-45(40(33)49)35-16-17-36(47)42-39(35)48)23-43-18-20-44(21-19-43)29-10-6-26(7-11-29)37-31(25-4-2-1-3-5-25)13-8-27-22-30(46)12-15-32(27)37/h1-7,9-12,14-15,22,31,35,37,46H,8,13,16-21,23-24H2,(H,42,47,48)/t31-,35?,37+/m0/s1. The Kier molecular flexibility index (Phi) is 8.15. The summed E-state index contributed by atoms with van der Waals surface area (Å²) in [5, 5.41) is 12.5. The Balaban J connectivity index is 0.934. The predicted molar refractivity (Wildman–Crippen MR) is 184 cm³/mol. The SMILES string of the molecule is O=C1CCC(N2Cc3c(ccc(CN4CCN(c5ccc([C@H]6c7ccc(O)cc7CC[C@H]6c6ccccc6)cc5)CC4)c3F)C2=O)C(=O)N1. The zero-order chi connectivity index (χ0) is 33.6. The van der Waals surface area contributed by atoms with E-state index in [9.17, 15) is 19.5 Å². The lowest BCUT2D eigenvalue weighted by atomic mass is 9.69. The van der Waals surface area contributed by atoms with Crippen LogP contribution in [-0.4, -0.2) is 64.8 Å². The van der Waals surface area contributed by atoms with Gasteiger partial charge in [-0.3, -0.25) is 24.6 Å². The van der Waals surface area contributed by atoms with Gasteiger partial charge < -0.3 is 14.9 Å². The van der Waals surface area contributed by atoms with Gasteiger partial charge in [0.2, 0.25) is 11.8 Å². The molecule has 1 unspecified atom stereocenters. The summed E-state index contributed by atoms with van der Waals surface area (Å²) >= 11 is 0. The summed E-state index contributed by atoms with van der Waals surface area (Å²) in [6.45, 7) is 3.64. The zero-order valence-electron chi connectivity index (χ0n) is 27.3. The van der Waals surface area contributed by atoms with E-state index in [0.29, 0.717) is 34.9 Å². The molecule has 4 aromatic carbocycles. The largest absolute Gasteiger partial charge is 0.508 e. The van der Waals surface area contributed by atoms with Gasteiger partial charge in [0.25, 0.3) is 5.91 Å². The Labute approximate surface area is 285 Å². The van der Waals surface area contributed by atoms with Crippen molar-refractivity contribution in [2.45, 2.75) is 56.7 Å². The highest BCUT2D eigenvalue weighted by Crippen LogP contribution is 2.47. The van der Waals surface area contributed by atoms with Crippen molar-refractivity contribution in [3.8, 4) is 5.75 Å². The second-order valence-electron chi connectivity index (χ2n) is 13.7. The van der Waals surface area contributed by atoms with E-state index >= 15 is 4.39 Å². The maximum Gasteiger partial charge on any atom is 0.255 e. The zero-order valence-corrected chi connectivity index (χ0v) is 27.3. The van der Waals surface area contributed by atoms with Crippen molar-refractivity contribution in [1.29, 1.82) is 0 Å². The van der Waals surface area contributed by atoms with Gasteiger partial charge in [-0.25, -0.2) is 4.39 Å². The van der Waals surface area contributed by atoms with Crippen LogP contribution < -0.4 is 10.2 Å². The van der Waals surface area contributed by atoms with Crippen LogP contribution in [-0.2, 0) is 29.1 Å². The number of benzene rings is 4. The van der Waals surface area contributed by atoms with E-state index in [0.717, 1.165) is 44.7 Å². The van der Waals surface area contributed by atoms with E-state index in [1.807, 2.05) is 6.07 Å². The first-order valence-corrected chi connectivity index (χ1v) is 17.2. The van der Waals surface area contributed by atoms with E-state index < -0.39 is 11.9 Å². The Hall–Kier alpha value is -5.02. The first-order valence-electron chi connectivity index (χ1n) is 17.2. The molecule has 8 rings (SSSR count). The van der Waals surface area contributed by atoms with E-state index in [1.54, 1.807) is 18.2 Å². The van der Waals surface area contributed by atoms with Crippen LogP contribution in [0.4, 0.5) is 10.1 Å². The second kappa shape index (κ2) is 12.8. The average Bonchev–Trinajstić information content (AvgIpc) is 3.46. The number of aryl methyl sites for hydroxylation is 1. The number of aromatic hydroxyl groups is 1. The topological polar surface area (TPSA) is 93.2 Å². The molecule has 250 valence electrons. The van der Waals surface area contributed by atoms with Crippen LogP contribution in [0.5, 0.6) is 5.75 Å². The maximum absolute atomic E-state index is 15.8. The van der Waals surface area contributed by atoms with Gasteiger partial charge in [0.15, 0.2) is 0 Å². The number of piperazine rings is 1. The molecule has 3 heterocycles. The minimum Gasteiger partial charge on any atom is -0.508 e. The van der Waals surface area contributed by atoms with Crippen LogP contribution in [0.15, 0.2) is 84.9 Å². The third-order valence-corrected chi connectivity index (χ3v) is 10.9. The summed E-state index contributed by atoms with van der Waals surface area (Å²) < 4.78 is 15.8. The number of halogens is 1. The Morgan fingerprint density at radius 3 is 2.35 bits per heavy atom. The van der Waals surface area contributed by atoms with Gasteiger partial charge in [-0.05, 0) is 77.8 Å². The van der Waals surface area contributed by atoms with Crippen LogP contribution in [0, 0.1) is 5.82 Å². The molecular formula is C40H39FN4O4. The molecule has 4 aromatic rings. The van der Waals surface area contributed by atoms with E-state index in [-0.39, 0.29) is 42.9 Å². The van der Waals surface area contributed by atoms with E-state index in [2.05, 4.69) is 75.8 Å². The second-order valence-corrected chi connectivity index (χ2v) is 13.7. The Bertz CT molecular complexity index is 1920. The number of piperidine rings is 1. The molecule has 3 atom stereocenters. The van der Waals surface area contributed by atoms with Crippen molar-refractivity contribution in [2.24, 2.45) is 0 Å². The maximum atomic E-state index is 15.8. The molecule has 9 heteroatoms. The van der Waals surface area contributed by atoms with Gasteiger partial charge >= 0.3 is 0 Å². The monoisotopic (exact) mass is 658 g/mol. The van der Waals surface area contributed by atoms with Crippen molar-refractivity contribution in [3.05, 3.63) is 130 Å². The van der Waals surface area contributed by atoms with Gasteiger partial charge in [-0.15, -0.1) is 0 Å². The summed E-state index contributed by atoms with van der Waals surface area (Å²) in [6, 6.07) is 28.1. The average molecular weight is 659 g/mol. The molecule has 8 nitrogen and oxygen atoms in total. The number of carbonyl (C=O) groups is 3.